The van der Waals surface area contributed by atoms with E-state index in [1.165, 1.54) is 186 Å². The van der Waals surface area contributed by atoms with E-state index < -0.39 is 6.10 Å². The van der Waals surface area contributed by atoms with Crippen molar-refractivity contribution in [3.8, 4) is 0 Å². The van der Waals surface area contributed by atoms with E-state index in [0.717, 1.165) is 96.3 Å². The second-order valence-electron chi connectivity index (χ2n) is 21.3. The molecule has 0 aliphatic rings. The van der Waals surface area contributed by atoms with Crippen molar-refractivity contribution in [1.82, 2.24) is 0 Å². The normalized spacial score (nSPS) is 12.5. The summed E-state index contributed by atoms with van der Waals surface area (Å²) in [6, 6.07) is 0. The number of carbonyl (C=O) groups is 3. The van der Waals surface area contributed by atoms with Crippen LogP contribution in [0.1, 0.15) is 323 Å². The highest BCUT2D eigenvalue weighted by Gasteiger charge is 2.19. The highest BCUT2D eigenvalue weighted by atomic mass is 16.6. The van der Waals surface area contributed by atoms with Crippen molar-refractivity contribution in [2.75, 3.05) is 13.2 Å². The van der Waals surface area contributed by atoms with Crippen LogP contribution in [-0.4, -0.2) is 37.2 Å². The summed E-state index contributed by atoms with van der Waals surface area (Å²) in [5.41, 5.74) is 0. The maximum Gasteiger partial charge on any atom is 0.306 e. The third-order valence-corrected chi connectivity index (χ3v) is 13.9. The molecule has 0 spiro atoms. The predicted molar refractivity (Wildman–Crippen MR) is 321 cm³/mol. The third-order valence-electron chi connectivity index (χ3n) is 13.9. The SMILES string of the molecule is CC/C=C\C/C=C\C/C=C\C/C=C\C/C=C\CCCCCCCCCCCCCCCCCCCC(=O)OCC(COC(=O)CCCCCCCCCCC)OC(=O)CCCCCCC/C=C\CCCCCCC. The van der Waals surface area contributed by atoms with Gasteiger partial charge in [-0.05, 0) is 89.9 Å². The van der Waals surface area contributed by atoms with Gasteiger partial charge in [-0.2, -0.15) is 0 Å². The van der Waals surface area contributed by atoms with Crippen molar-refractivity contribution in [1.29, 1.82) is 0 Å². The van der Waals surface area contributed by atoms with Gasteiger partial charge in [0.05, 0.1) is 0 Å². The summed E-state index contributed by atoms with van der Waals surface area (Å²) >= 11 is 0. The number of ether oxygens (including phenoxy) is 3. The molecule has 0 aromatic heterocycles. The average molecular weight is 1030 g/mol. The number of allylic oxidation sites excluding steroid dienone is 12. The zero-order valence-electron chi connectivity index (χ0n) is 49.1. The summed E-state index contributed by atoms with van der Waals surface area (Å²) in [6.07, 6.45) is 80.8. The monoisotopic (exact) mass is 1030 g/mol. The molecule has 0 aromatic rings. The minimum atomic E-state index is -0.774. The van der Waals surface area contributed by atoms with Gasteiger partial charge in [0, 0.05) is 19.3 Å². The van der Waals surface area contributed by atoms with Gasteiger partial charge in [-0.1, -0.05) is 286 Å². The van der Waals surface area contributed by atoms with Crippen molar-refractivity contribution in [2.24, 2.45) is 0 Å². The second-order valence-corrected chi connectivity index (χ2v) is 21.3. The molecule has 1 unspecified atom stereocenters. The Kier molecular flexibility index (Phi) is 59.7. The van der Waals surface area contributed by atoms with Crippen LogP contribution in [0.4, 0.5) is 0 Å². The molecule has 6 heteroatoms. The van der Waals surface area contributed by atoms with Crippen LogP contribution in [0.15, 0.2) is 72.9 Å². The molecular weight excluding hydrogens is 913 g/mol. The van der Waals surface area contributed by atoms with Gasteiger partial charge in [0.15, 0.2) is 6.10 Å². The molecule has 0 radical (unpaired) electrons. The fraction of sp³-hybridized carbons (Fsp3) is 0.779. The lowest BCUT2D eigenvalue weighted by molar-refractivity contribution is -0.167. The molecule has 0 aliphatic carbocycles. The average Bonchev–Trinajstić information content (AvgIpc) is 3.40. The zero-order chi connectivity index (χ0) is 53.6. The van der Waals surface area contributed by atoms with Crippen LogP contribution in [0.2, 0.25) is 0 Å². The molecule has 0 saturated carbocycles. The van der Waals surface area contributed by atoms with Crippen molar-refractivity contribution in [3.05, 3.63) is 72.9 Å². The van der Waals surface area contributed by atoms with E-state index in [2.05, 4.69) is 93.7 Å². The molecule has 0 N–H and O–H groups in total. The predicted octanol–water partition coefficient (Wildman–Crippen LogP) is 21.7. The summed E-state index contributed by atoms with van der Waals surface area (Å²) in [4.78, 5) is 38.1. The van der Waals surface area contributed by atoms with Gasteiger partial charge in [-0.15, -0.1) is 0 Å². The van der Waals surface area contributed by atoms with Crippen LogP contribution < -0.4 is 0 Å². The minimum Gasteiger partial charge on any atom is -0.462 e. The third kappa shape index (κ3) is 59.7. The number of hydrogen-bond acceptors (Lipinski definition) is 6. The lowest BCUT2D eigenvalue weighted by Crippen LogP contribution is -2.30. The maximum absolute atomic E-state index is 12.8. The molecule has 0 fully saturated rings. The number of esters is 3. The molecule has 0 bridgehead atoms. The van der Waals surface area contributed by atoms with Crippen molar-refractivity contribution in [2.45, 2.75) is 329 Å². The van der Waals surface area contributed by atoms with Crippen molar-refractivity contribution < 1.29 is 28.6 Å². The molecule has 0 amide bonds. The topological polar surface area (TPSA) is 78.9 Å². The molecular formula is C68H120O6. The van der Waals surface area contributed by atoms with Gasteiger partial charge in [0.2, 0.25) is 0 Å². The fourth-order valence-corrected chi connectivity index (χ4v) is 9.17. The smallest absolute Gasteiger partial charge is 0.306 e. The molecule has 0 rings (SSSR count). The fourth-order valence-electron chi connectivity index (χ4n) is 9.17. The van der Waals surface area contributed by atoms with E-state index in [9.17, 15) is 14.4 Å². The standard InChI is InChI=1S/C68H120O6/c1-4-7-10-13-16-19-21-23-25-26-27-28-29-30-31-32-33-34-35-36-37-38-39-40-41-42-43-45-46-49-52-55-58-61-67(70)73-64-65(63-72-66(69)60-57-54-51-48-18-15-12-9-6-3)74-68(71)62-59-56-53-50-47-44-24-22-20-17-14-11-8-5-2/h7,10,16,19,22-25,27-28,30-31,65H,4-6,8-9,11-15,17-18,20-21,26,29,32-64H2,1-3H3/b10-7-,19-16-,24-22-,25-23-,28-27-,31-30-. The summed E-state index contributed by atoms with van der Waals surface area (Å²) in [6.45, 7) is 6.52. The number of unbranched alkanes of at least 4 members (excludes halogenated alkanes) is 35. The van der Waals surface area contributed by atoms with Gasteiger partial charge >= 0.3 is 17.9 Å². The summed E-state index contributed by atoms with van der Waals surface area (Å²) in [5, 5.41) is 0. The van der Waals surface area contributed by atoms with E-state index in [-0.39, 0.29) is 31.1 Å². The number of hydrogen-bond donors (Lipinski definition) is 0. The van der Waals surface area contributed by atoms with Gasteiger partial charge in [0.1, 0.15) is 13.2 Å². The van der Waals surface area contributed by atoms with Crippen LogP contribution in [0, 0.1) is 0 Å². The molecule has 1 atom stereocenters. The molecule has 0 saturated heterocycles. The maximum atomic E-state index is 12.8. The Hall–Kier alpha value is -3.15. The van der Waals surface area contributed by atoms with Gasteiger partial charge in [-0.3, -0.25) is 14.4 Å². The molecule has 428 valence electrons. The Morgan fingerprint density at radius 3 is 0.838 bits per heavy atom. The van der Waals surface area contributed by atoms with Crippen LogP contribution in [0.3, 0.4) is 0 Å². The van der Waals surface area contributed by atoms with Crippen LogP contribution >= 0.6 is 0 Å². The van der Waals surface area contributed by atoms with Gasteiger partial charge in [0.25, 0.3) is 0 Å². The van der Waals surface area contributed by atoms with Crippen LogP contribution in [0.5, 0.6) is 0 Å². The van der Waals surface area contributed by atoms with E-state index in [4.69, 9.17) is 14.2 Å². The van der Waals surface area contributed by atoms with Crippen LogP contribution in [0.25, 0.3) is 0 Å². The Balaban J connectivity index is 4.05. The van der Waals surface area contributed by atoms with E-state index >= 15 is 0 Å². The Labute approximate surface area is 459 Å². The first kappa shape index (κ1) is 70.8. The molecule has 6 nitrogen and oxygen atoms in total. The molecule has 74 heavy (non-hydrogen) atoms. The van der Waals surface area contributed by atoms with Gasteiger partial charge in [-0.25, -0.2) is 0 Å². The Bertz CT molecular complexity index is 1370. The van der Waals surface area contributed by atoms with Crippen molar-refractivity contribution in [3.63, 3.8) is 0 Å². The minimum absolute atomic E-state index is 0.0736. The lowest BCUT2D eigenvalue weighted by Gasteiger charge is -2.18. The van der Waals surface area contributed by atoms with E-state index in [1.54, 1.807) is 0 Å². The highest BCUT2D eigenvalue weighted by Crippen LogP contribution is 2.17. The summed E-state index contributed by atoms with van der Waals surface area (Å²) < 4.78 is 16.8. The molecule has 0 aliphatic heterocycles. The lowest BCUT2D eigenvalue weighted by atomic mass is 10.0. The Morgan fingerprint density at radius 2 is 0.527 bits per heavy atom. The first-order valence-corrected chi connectivity index (χ1v) is 31.9. The van der Waals surface area contributed by atoms with E-state index in [0.29, 0.717) is 19.3 Å². The van der Waals surface area contributed by atoms with Crippen LogP contribution in [-0.2, 0) is 28.6 Å². The summed E-state index contributed by atoms with van der Waals surface area (Å²) in [5.74, 6) is -0.871. The summed E-state index contributed by atoms with van der Waals surface area (Å²) in [7, 11) is 0. The quantitative estimate of drug-likeness (QED) is 0.0261. The molecule has 0 aromatic carbocycles. The molecule has 0 heterocycles. The first-order valence-electron chi connectivity index (χ1n) is 31.9. The van der Waals surface area contributed by atoms with E-state index in [1.807, 2.05) is 0 Å². The van der Waals surface area contributed by atoms with Crippen molar-refractivity contribution >= 4 is 17.9 Å². The zero-order valence-corrected chi connectivity index (χ0v) is 49.1. The number of carbonyl (C=O) groups excluding carboxylic acids is 3. The first-order chi connectivity index (χ1) is 36.5. The Morgan fingerprint density at radius 1 is 0.284 bits per heavy atom. The highest BCUT2D eigenvalue weighted by molar-refractivity contribution is 5.71. The number of rotatable bonds is 58. The second kappa shape index (κ2) is 62.4. The van der Waals surface area contributed by atoms with Gasteiger partial charge < -0.3 is 14.2 Å². The largest absolute Gasteiger partial charge is 0.462 e.